The van der Waals surface area contributed by atoms with Crippen molar-refractivity contribution in [1.29, 1.82) is 0 Å². The lowest BCUT2D eigenvalue weighted by atomic mass is 10.4. The Labute approximate surface area is 112 Å². The zero-order valence-electron chi connectivity index (χ0n) is 9.24. The first-order valence-corrected chi connectivity index (χ1v) is 7.52. The van der Waals surface area contributed by atoms with Crippen LogP contribution >= 0.6 is 38.6 Å². The average Bonchev–Trinajstić information content (AvgIpc) is 2.77. The third-order valence-corrected chi connectivity index (χ3v) is 4.94. The van der Waals surface area contributed by atoms with Gasteiger partial charge in [-0.15, -0.1) is 22.7 Å². The van der Waals surface area contributed by atoms with Crippen LogP contribution in [0.5, 0.6) is 0 Å². The quantitative estimate of drug-likeness (QED) is 0.850. The number of nitrogens with zero attached hydrogens (tertiary/aromatic N) is 2. The molecule has 0 saturated heterocycles. The number of thiazole rings is 1. The second kappa shape index (κ2) is 5.40. The molecule has 2 rings (SSSR count). The van der Waals surface area contributed by atoms with Gasteiger partial charge in [0.15, 0.2) is 0 Å². The van der Waals surface area contributed by atoms with E-state index < -0.39 is 0 Å². The van der Waals surface area contributed by atoms with Crippen molar-refractivity contribution in [3.8, 4) is 0 Å². The minimum atomic E-state index is 0.911. The predicted octanol–water partition coefficient (Wildman–Crippen LogP) is 3.91. The van der Waals surface area contributed by atoms with Crippen molar-refractivity contribution in [1.82, 2.24) is 9.88 Å². The SMILES string of the molecule is Cc1nc(CN(C)Cc2sccc2Br)cs1. The molecule has 5 heteroatoms. The summed E-state index contributed by atoms with van der Waals surface area (Å²) in [4.78, 5) is 8.12. The van der Waals surface area contributed by atoms with Gasteiger partial charge in [-0.25, -0.2) is 4.98 Å². The molecular weight excluding hydrogens is 304 g/mol. The summed E-state index contributed by atoms with van der Waals surface area (Å²) in [7, 11) is 2.13. The molecule has 2 heterocycles. The fourth-order valence-corrected chi connectivity index (χ4v) is 3.66. The van der Waals surface area contributed by atoms with Crippen LogP contribution in [0, 0.1) is 6.92 Å². The monoisotopic (exact) mass is 316 g/mol. The third kappa shape index (κ3) is 3.13. The van der Waals surface area contributed by atoms with Crippen molar-refractivity contribution in [2.75, 3.05) is 7.05 Å². The largest absolute Gasteiger partial charge is 0.295 e. The summed E-state index contributed by atoms with van der Waals surface area (Å²) >= 11 is 7.05. The second-order valence-electron chi connectivity index (χ2n) is 3.72. The lowest BCUT2D eigenvalue weighted by molar-refractivity contribution is 0.318. The molecule has 2 nitrogen and oxygen atoms in total. The molecule has 86 valence electrons. The predicted molar refractivity (Wildman–Crippen MR) is 74.0 cm³/mol. The highest BCUT2D eigenvalue weighted by molar-refractivity contribution is 9.10. The Morgan fingerprint density at radius 3 is 2.75 bits per heavy atom. The molecule has 0 aliphatic heterocycles. The standard InChI is InChI=1S/C11H13BrN2S2/c1-8-13-9(7-16-8)5-14(2)6-11-10(12)3-4-15-11/h3-4,7H,5-6H2,1-2H3. The van der Waals surface area contributed by atoms with Crippen LogP contribution in [0.15, 0.2) is 21.3 Å². The van der Waals surface area contributed by atoms with Crippen molar-refractivity contribution < 1.29 is 0 Å². The van der Waals surface area contributed by atoms with Gasteiger partial charge in [0.05, 0.1) is 10.7 Å². The molecule has 0 radical (unpaired) electrons. The van der Waals surface area contributed by atoms with Gasteiger partial charge in [-0.1, -0.05) is 0 Å². The minimum Gasteiger partial charge on any atom is -0.295 e. The maximum Gasteiger partial charge on any atom is 0.0897 e. The highest BCUT2D eigenvalue weighted by Crippen LogP contribution is 2.24. The van der Waals surface area contributed by atoms with Gasteiger partial charge in [0.25, 0.3) is 0 Å². The second-order valence-corrected chi connectivity index (χ2v) is 6.64. The van der Waals surface area contributed by atoms with Crippen molar-refractivity contribution in [2.24, 2.45) is 0 Å². The summed E-state index contributed by atoms with van der Waals surface area (Å²) in [5, 5.41) is 5.39. The zero-order valence-corrected chi connectivity index (χ0v) is 12.5. The van der Waals surface area contributed by atoms with Crippen LogP contribution in [0.25, 0.3) is 0 Å². The van der Waals surface area contributed by atoms with Gasteiger partial charge in [0.1, 0.15) is 0 Å². The van der Waals surface area contributed by atoms with Gasteiger partial charge in [-0.2, -0.15) is 0 Å². The fourth-order valence-electron chi connectivity index (χ4n) is 1.50. The van der Waals surface area contributed by atoms with E-state index in [2.05, 4.69) is 49.7 Å². The highest BCUT2D eigenvalue weighted by atomic mass is 79.9. The van der Waals surface area contributed by atoms with E-state index in [1.54, 1.807) is 22.7 Å². The summed E-state index contributed by atoms with van der Waals surface area (Å²) < 4.78 is 1.21. The van der Waals surface area contributed by atoms with Crippen LogP contribution < -0.4 is 0 Å². The van der Waals surface area contributed by atoms with Gasteiger partial charge in [0.2, 0.25) is 0 Å². The maximum atomic E-state index is 4.47. The van der Waals surface area contributed by atoms with Gasteiger partial charge in [-0.3, -0.25) is 4.90 Å². The molecule has 0 aromatic carbocycles. The number of aryl methyl sites for hydroxylation is 1. The smallest absolute Gasteiger partial charge is 0.0897 e. The molecule has 0 bridgehead atoms. The molecule has 0 amide bonds. The van der Waals surface area contributed by atoms with E-state index in [0.29, 0.717) is 0 Å². The van der Waals surface area contributed by atoms with Crippen molar-refractivity contribution in [3.05, 3.63) is 36.9 Å². The fraction of sp³-hybridized carbons (Fsp3) is 0.364. The number of hydrogen-bond donors (Lipinski definition) is 0. The Morgan fingerprint density at radius 2 is 2.19 bits per heavy atom. The van der Waals surface area contributed by atoms with Crippen LogP contribution in [0.1, 0.15) is 15.6 Å². The number of aromatic nitrogens is 1. The number of thiophene rings is 1. The molecular formula is C11H13BrN2S2. The first-order valence-electron chi connectivity index (χ1n) is 4.96. The molecule has 0 unspecified atom stereocenters. The lowest BCUT2D eigenvalue weighted by Crippen LogP contribution is -2.16. The van der Waals surface area contributed by atoms with Crippen LogP contribution in [0.4, 0.5) is 0 Å². The Kier molecular flexibility index (Phi) is 4.13. The van der Waals surface area contributed by atoms with E-state index in [4.69, 9.17) is 0 Å². The van der Waals surface area contributed by atoms with E-state index in [0.717, 1.165) is 23.8 Å². The van der Waals surface area contributed by atoms with Gasteiger partial charge in [0, 0.05) is 27.8 Å². The molecule has 0 saturated carbocycles. The molecule has 2 aromatic heterocycles. The average molecular weight is 317 g/mol. The lowest BCUT2D eigenvalue weighted by Gasteiger charge is -2.14. The molecule has 0 atom stereocenters. The minimum absolute atomic E-state index is 0.911. The normalized spacial score (nSPS) is 11.2. The van der Waals surface area contributed by atoms with E-state index in [-0.39, 0.29) is 0 Å². The molecule has 0 aliphatic rings. The molecule has 0 N–H and O–H groups in total. The van der Waals surface area contributed by atoms with Crippen LogP contribution in [-0.2, 0) is 13.1 Å². The van der Waals surface area contributed by atoms with Gasteiger partial charge in [-0.05, 0) is 41.3 Å². The Balaban J connectivity index is 1.94. The Hall–Kier alpha value is -0.230. The first kappa shape index (κ1) is 12.2. The van der Waals surface area contributed by atoms with Crippen LogP contribution in [0.3, 0.4) is 0 Å². The topological polar surface area (TPSA) is 16.1 Å². The molecule has 2 aromatic rings. The number of rotatable bonds is 4. The summed E-state index contributed by atoms with van der Waals surface area (Å²) in [6, 6.07) is 2.10. The number of hydrogen-bond acceptors (Lipinski definition) is 4. The molecule has 0 aliphatic carbocycles. The van der Waals surface area contributed by atoms with Gasteiger partial charge >= 0.3 is 0 Å². The highest BCUT2D eigenvalue weighted by Gasteiger charge is 2.07. The van der Waals surface area contributed by atoms with Gasteiger partial charge < -0.3 is 0 Å². The van der Waals surface area contributed by atoms with Crippen LogP contribution in [0.2, 0.25) is 0 Å². The summed E-state index contributed by atoms with van der Waals surface area (Å²) in [5.74, 6) is 0. The maximum absolute atomic E-state index is 4.47. The van der Waals surface area contributed by atoms with Crippen molar-refractivity contribution in [2.45, 2.75) is 20.0 Å². The summed E-state index contributed by atoms with van der Waals surface area (Å²) in [6.07, 6.45) is 0. The van der Waals surface area contributed by atoms with E-state index in [1.165, 1.54) is 9.35 Å². The summed E-state index contributed by atoms with van der Waals surface area (Å²) in [5.41, 5.74) is 1.16. The van der Waals surface area contributed by atoms with Crippen LogP contribution in [-0.4, -0.2) is 16.9 Å². The van der Waals surface area contributed by atoms with E-state index >= 15 is 0 Å². The van der Waals surface area contributed by atoms with Crippen molar-refractivity contribution in [3.63, 3.8) is 0 Å². The van der Waals surface area contributed by atoms with Crippen molar-refractivity contribution >= 4 is 38.6 Å². The number of halogens is 1. The first-order chi connectivity index (χ1) is 7.65. The molecule has 0 spiro atoms. The molecule has 16 heavy (non-hydrogen) atoms. The third-order valence-electron chi connectivity index (χ3n) is 2.20. The molecule has 0 fully saturated rings. The Bertz CT molecular complexity index is 464. The summed E-state index contributed by atoms with van der Waals surface area (Å²) in [6.45, 7) is 3.92. The zero-order chi connectivity index (χ0) is 11.5. The van der Waals surface area contributed by atoms with E-state index in [9.17, 15) is 0 Å². The van der Waals surface area contributed by atoms with E-state index in [1.807, 2.05) is 6.92 Å². The Morgan fingerprint density at radius 1 is 1.38 bits per heavy atom.